The van der Waals surface area contributed by atoms with Crippen molar-refractivity contribution in [3.63, 3.8) is 0 Å². The Balaban J connectivity index is 1.64. The number of amides is 1. The van der Waals surface area contributed by atoms with E-state index in [9.17, 15) is 19.3 Å². The fourth-order valence-corrected chi connectivity index (χ4v) is 3.03. The molecule has 1 fully saturated rings. The van der Waals surface area contributed by atoms with E-state index in [4.69, 9.17) is 0 Å². The number of anilines is 1. The number of piperidine rings is 1. The second kappa shape index (κ2) is 7.29. The predicted molar refractivity (Wildman–Crippen MR) is 92.2 cm³/mol. The number of nitro groups is 1. The monoisotopic (exact) mass is 343 g/mol. The maximum Gasteiger partial charge on any atom is 0.292 e. The van der Waals surface area contributed by atoms with Crippen LogP contribution >= 0.6 is 0 Å². The Morgan fingerprint density at radius 3 is 2.48 bits per heavy atom. The molecule has 1 N–H and O–H groups in total. The smallest absolute Gasteiger partial charge is 0.292 e. The molecule has 0 unspecified atom stereocenters. The SMILES string of the molecule is O=C(NC1CCN(c2cc(F)ccc2[N+](=O)[O-])CC1)c1ccccc1. The molecule has 3 rings (SSSR count). The minimum atomic E-state index is -0.502. The van der Waals surface area contributed by atoms with E-state index < -0.39 is 10.7 Å². The highest BCUT2D eigenvalue weighted by Gasteiger charge is 2.26. The highest BCUT2D eigenvalue weighted by atomic mass is 19.1. The van der Waals surface area contributed by atoms with Crippen LogP contribution in [0.25, 0.3) is 0 Å². The molecule has 130 valence electrons. The van der Waals surface area contributed by atoms with Gasteiger partial charge in [-0.15, -0.1) is 0 Å². The summed E-state index contributed by atoms with van der Waals surface area (Å²) in [7, 11) is 0. The molecular formula is C18H18FN3O3. The summed E-state index contributed by atoms with van der Waals surface area (Å²) in [4.78, 5) is 24.6. The van der Waals surface area contributed by atoms with Crippen molar-refractivity contribution in [3.05, 3.63) is 70.0 Å². The van der Waals surface area contributed by atoms with Crippen LogP contribution in [0.2, 0.25) is 0 Å². The zero-order chi connectivity index (χ0) is 17.8. The van der Waals surface area contributed by atoms with Crippen LogP contribution in [-0.2, 0) is 0 Å². The molecule has 1 aliphatic rings. The third kappa shape index (κ3) is 3.93. The van der Waals surface area contributed by atoms with E-state index in [1.54, 1.807) is 29.2 Å². The van der Waals surface area contributed by atoms with E-state index in [-0.39, 0.29) is 23.3 Å². The number of carbonyl (C=O) groups is 1. The number of hydrogen-bond acceptors (Lipinski definition) is 4. The van der Waals surface area contributed by atoms with Crippen molar-refractivity contribution in [1.29, 1.82) is 0 Å². The minimum Gasteiger partial charge on any atom is -0.366 e. The van der Waals surface area contributed by atoms with E-state index >= 15 is 0 Å². The van der Waals surface area contributed by atoms with Crippen molar-refractivity contribution in [1.82, 2.24) is 5.32 Å². The van der Waals surface area contributed by atoms with Gasteiger partial charge in [-0.1, -0.05) is 18.2 Å². The van der Waals surface area contributed by atoms with Gasteiger partial charge in [0.15, 0.2) is 0 Å². The molecule has 0 aliphatic carbocycles. The second-order valence-corrected chi connectivity index (χ2v) is 5.99. The van der Waals surface area contributed by atoms with E-state index in [0.717, 1.165) is 6.07 Å². The molecule has 2 aromatic rings. The number of nitrogens with one attached hydrogen (secondary N) is 1. The van der Waals surface area contributed by atoms with Gasteiger partial charge in [-0.3, -0.25) is 14.9 Å². The molecule has 1 heterocycles. The van der Waals surface area contributed by atoms with Gasteiger partial charge in [0.2, 0.25) is 0 Å². The standard InChI is InChI=1S/C18H18FN3O3/c19-14-6-7-16(22(24)25)17(12-14)21-10-8-15(9-11-21)20-18(23)13-4-2-1-3-5-13/h1-7,12,15H,8-11H2,(H,20,23). The zero-order valence-electron chi connectivity index (χ0n) is 13.5. The van der Waals surface area contributed by atoms with Crippen LogP contribution in [0.5, 0.6) is 0 Å². The van der Waals surface area contributed by atoms with Crippen molar-refractivity contribution >= 4 is 17.3 Å². The summed E-state index contributed by atoms with van der Waals surface area (Å²) in [5, 5.41) is 14.1. The van der Waals surface area contributed by atoms with Crippen LogP contribution in [-0.4, -0.2) is 30.0 Å². The first-order valence-electron chi connectivity index (χ1n) is 8.09. The van der Waals surface area contributed by atoms with Crippen LogP contribution in [0.4, 0.5) is 15.8 Å². The summed E-state index contributed by atoms with van der Waals surface area (Å²) in [6.07, 6.45) is 1.29. The molecule has 0 spiro atoms. The van der Waals surface area contributed by atoms with E-state index in [1.165, 1.54) is 12.1 Å². The lowest BCUT2D eigenvalue weighted by atomic mass is 10.0. The minimum absolute atomic E-state index is 0.00317. The van der Waals surface area contributed by atoms with Crippen LogP contribution < -0.4 is 10.2 Å². The number of carbonyl (C=O) groups excluding carboxylic acids is 1. The van der Waals surface area contributed by atoms with Gasteiger partial charge in [-0.2, -0.15) is 0 Å². The summed E-state index contributed by atoms with van der Waals surface area (Å²) in [6.45, 7) is 1.04. The maximum absolute atomic E-state index is 13.5. The Labute approximate surface area is 144 Å². The zero-order valence-corrected chi connectivity index (χ0v) is 13.5. The fraction of sp³-hybridized carbons (Fsp3) is 0.278. The maximum atomic E-state index is 13.5. The first kappa shape index (κ1) is 16.9. The van der Waals surface area contributed by atoms with Gasteiger partial charge in [0.25, 0.3) is 11.6 Å². The van der Waals surface area contributed by atoms with E-state index in [2.05, 4.69) is 5.32 Å². The third-order valence-corrected chi connectivity index (χ3v) is 4.34. The lowest BCUT2D eigenvalue weighted by Gasteiger charge is -2.33. The average molecular weight is 343 g/mol. The highest BCUT2D eigenvalue weighted by molar-refractivity contribution is 5.94. The highest BCUT2D eigenvalue weighted by Crippen LogP contribution is 2.31. The van der Waals surface area contributed by atoms with Crippen LogP contribution in [0.1, 0.15) is 23.2 Å². The van der Waals surface area contributed by atoms with Gasteiger partial charge < -0.3 is 10.2 Å². The normalized spacial score (nSPS) is 15.0. The number of nitro benzene ring substituents is 1. The van der Waals surface area contributed by atoms with Crippen molar-refractivity contribution in [3.8, 4) is 0 Å². The summed E-state index contributed by atoms with van der Waals surface area (Å²) in [5.41, 5.74) is 0.789. The molecule has 1 amide bonds. The van der Waals surface area contributed by atoms with E-state index in [0.29, 0.717) is 31.5 Å². The number of hydrogen-bond donors (Lipinski definition) is 1. The Morgan fingerprint density at radius 2 is 1.84 bits per heavy atom. The summed E-state index contributed by atoms with van der Waals surface area (Å²) in [5.74, 6) is -0.629. The molecule has 0 bridgehead atoms. The van der Waals surface area contributed by atoms with E-state index in [1.807, 2.05) is 6.07 Å². The molecule has 0 atom stereocenters. The molecule has 1 saturated heterocycles. The first-order valence-corrected chi connectivity index (χ1v) is 8.09. The van der Waals surface area contributed by atoms with Crippen LogP contribution in [0.3, 0.4) is 0 Å². The van der Waals surface area contributed by atoms with Crippen LogP contribution in [0, 0.1) is 15.9 Å². The summed E-state index contributed by atoms with van der Waals surface area (Å²) < 4.78 is 13.5. The lowest BCUT2D eigenvalue weighted by molar-refractivity contribution is -0.384. The van der Waals surface area contributed by atoms with Gasteiger partial charge in [0.05, 0.1) is 4.92 Å². The van der Waals surface area contributed by atoms with Gasteiger partial charge >= 0.3 is 0 Å². The molecule has 7 heteroatoms. The molecule has 6 nitrogen and oxygen atoms in total. The predicted octanol–water partition coefficient (Wildman–Crippen LogP) is 3.13. The first-order chi connectivity index (χ1) is 12.0. The number of halogens is 1. The molecule has 2 aromatic carbocycles. The van der Waals surface area contributed by atoms with Gasteiger partial charge in [-0.25, -0.2) is 4.39 Å². The number of rotatable bonds is 4. The molecule has 1 aliphatic heterocycles. The Bertz CT molecular complexity index is 774. The van der Waals surface area contributed by atoms with Crippen molar-refractivity contribution in [2.45, 2.75) is 18.9 Å². The summed E-state index contributed by atoms with van der Waals surface area (Å²) >= 11 is 0. The Hall–Kier alpha value is -2.96. The Kier molecular flexibility index (Phi) is 4.92. The fourth-order valence-electron chi connectivity index (χ4n) is 3.03. The van der Waals surface area contributed by atoms with Crippen LogP contribution in [0.15, 0.2) is 48.5 Å². The molecule has 0 radical (unpaired) electrons. The molecule has 0 aromatic heterocycles. The van der Waals surface area contributed by atoms with Gasteiger partial charge in [0.1, 0.15) is 11.5 Å². The molecule has 0 saturated carbocycles. The molecule has 25 heavy (non-hydrogen) atoms. The quantitative estimate of drug-likeness (QED) is 0.683. The third-order valence-electron chi connectivity index (χ3n) is 4.34. The number of nitrogens with zero attached hydrogens (tertiary/aromatic N) is 2. The topological polar surface area (TPSA) is 75.5 Å². The number of benzene rings is 2. The second-order valence-electron chi connectivity index (χ2n) is 5.99. The van der Waals surface area contributed by atoms with Crippen molar-refractivity contribution < 1.29 is 14.1 Å². The Morgan fingerprint density at radius 1 is 1.16 bits per heavy atom. The molecular weight excluding hydrogens is 325 g/mol. The van der Waals surface area contributed by atoms with Crippen molar-refractivity contribution in [2.24, 2.45) is 0 Å². The average Bonchev–Trinajstić information content (AvgIpc) is 2.62. The van der Waals surface area contributed by atoms with Gasteiger partial charge in [-0.05, 0) is 31.0 Å². The van der Waals surface area contributed by atoms with Crippen molar-refractivity contribution in [2.75, 3.05) is 18.0 Å². The largest absolute Gasteiger partial charge is 0.366 e. The van der Waals surface area contributed by atoms with Gasteiger partial charge in [0, 0.05) is 36.8 Å². The summed E-state index contributed by atoms with van der Waals surface area (Å²) in [6, 6.07) is 12.4. The lowest BCUT2D eigenvalue weighted by Crippen LogP contribution is -2.44.